The lowest BCUT2D eigenvalue weighted by Gasteiger charge is -1.98. The van der Waals surface area contributed by atoms with Crippen LogP contribution in [0.5, 0.6) is 0 Å². The van der Waals surface area contributed by atoms with Gasteiger partial charge in [0, 0.05) is 6.54 Å². The van der Waals surface area contributed by atoms with Crippen LogP contribution < -0.4 is 11.1 Å². The Bertz CT molecular complexity index is 358. The van der Waals surface area contributed by atoms with Crippen molar-refractivity contribution in [3.63, 3.8) is 0 Å². The highest BCUT2D eigenvalue weighted by Gasteiger charge is 2.06. The number of anilines is 1. The molecule has 1 aromatic heterocycles. The number of aliphatic imine (C=N–C) groups is 1. The number of thiazole rings is 1. The van der Waals surface area contributed by atoms with Crippen molar-refractivity contribution in [2.45, 2.75) is 13.8 Å². The molecule has 3 N–H and O–H groups in total. The first-order valence-corrected chi connectivity index (χ1v) is 4.98. The van der Waals surface area contributed by atoms with E-state index in [2.05, 4.69) is 15.3 Å². The number of hydrogen-bond acceptors (Lipinski definition) is 4. The number of nitrogens with one attached hydrogen (secondary N) is 1. The molecule has 0 fully saturated rings. The van der Waals surface area contributed by atoms with E-state index in [0.29, 0.717) is 28.2 Å². The van der Waals surface area contributed by atoms with E-state index in [9.17, 15) is 4.79 Å². The zero-order valence-corrected chi connectivity index (χ0v) is 8.89. The topological polar surface area (TPSA) is 80.4 Å². The molecule has 0 bridgehead atoms. The zero-order chi connectivity index (χ0) is 10.6. The van der Waals surface area contributed by atoms with Crippen LogP contribution in [0.15, 0.2) is 4.99 Å². The quantitative estimate of drug-likeness (QED) is 0.445. The number of aromatic nitrogens is 1. The maximum atomic E-state index is 10.5. The number of carbonyl (C=O) groups excluding carboxylic acids is 1. The molecule has 1 aromatic rings. The molecule has 14 heavy (non-hydrogen) atoms. The number of carbonyl (C=O) groups is 1. The minimum atomic E-state index is 0.318. The summed E-state index contributed by atoms with van der Waals surface area (Å²) >= 11 is 1.26. The number of rotatable bonds is 3. The van der Waals surface area contributed by atoms with Gasteiger partial charge in [0.2, 0.25) is 0 Å². The minimum absolute atomic E-state index is 0.318. The molecular weight excluding hydrogens is 200 g/mol. The maximum absolute atomic E-state index is 10.5. The smallest absolute Gasteiger partial charge is 0.194 e. The van der Waals surface area contributed by atoms with Crippen molar-refractivity contribution in [1.29, 1.82) is 0 Å². The van der Waals surface area contributed by atoms with Crippen molar-refractivity contribution in [3.05, 3.63) is 10.6 Å². The van der Waals surface area contributed by atoms with E-state index >= 15 is 0 Å². The summed E-state index contributed by atoms with van der Waals surface area (Å²) in [4.78, 5) is 19.2. The molecule has 0 amide bonds. The second kappa shape index (κ2) is 4.71. The molecule has 5 nitrogen and oxygen atoms in total. The number of aldehydes is 1. The lowest BCUT2D eigenvalue weighted by Crippen LogP contribution is -2.22. The molecule has 0 aliphatic heterocycles. The van der Waals surface area contributed by atoms with Gasteiger partial charge in [-0.25, -0.2) is 4.98 Å². The monoisotopic (exact) mass is 212 g/mol. The average molecular weight is 212 g/mol. The van der Waals surface area contributed by atoms with Crippen molar-refractivity contribution < 1.29 is 4.79 Å². The van der Waals surface area contributed by atoms with Gasteiger partial charge in [0.15, 0.2) is 17.4 Å². The molecule has 0 aromatic carbocycles. The lowest BCUT2D eigenvalue weighted by atomic mass is 10.4. The van der Waals surface area contributed by atoms with Crippen LogP contribution >= 0.6 is 11.3 Å². The molecular formula is C8H12N4OS. The summed E-state index contributed by atoms with van der Waals surface area (Å²) in [7, 11) is 0. The summed E-state index contributed by atoms with van der Waals surface area (Å²) in [6.07, 6.45) is 0.783. The van der Waals surface area contributed by atoms with Crippen molar-refractivity contribution in [1.82, 2.24) is 4.98 Å². The van der Waals surface area contributed by atoms with Crippen LogP contribution in [-0.2, 0) is 0 Å². The van der Waals surface area contributed by atoms with Crippen molar-refractivity contribution in [3.8, 4) is 0 Å². The molecule has 6 heteroatoms. The summed E-state index contributed by atoms with van der Waals surface area (Å²) in [6, 6.07) is 0. The van der Waals surface area contributed by atoms with Gasteiger partial charge in [-0.15, -0.1) is 0 Å². The molecule has 1 heterocycles. The third kappa shape index (κ3) is 2.53. The van der Waals surface area contributed by atoms with Crippen molar-refractivity contribution in [2.24, 2.45) is 10.7 Å². The fourth-order valence-corrected chi connectivity index (χ4v) is 1.68. The molecule has 0 aliphatic rings. The van der Waals surface area contributed by atoms with Gasteiger partial charge < -0.3 is 11.1 Å². The summed E-state index contributed by atoms with van der Waals surface area (Å²) in [5, 5.41) is 3.41. The Morgan fingerprint density at radius 3 is 3.00 bits per heavy atom. The Hall–Kier alpha value is -1.43. The third-order valence-electron chi connectivity index (χ3n) is 1.50. The predicted octanol–water partition coefficient (Wildman–Crippen LogP) is 1.01. The Balaban J connectivity index is 2.77. The van der Waals surface area contributed by atoms with E-state index in [4.69, 9.17) is 5.73 Å². The van der Waals surface area contributed by atoms with Gasteiger partial charge in [-0.05, 0) is 13.8 Å². The molecule has 0 spiro atoms. The molecule has 0 saturated heterocycles. The lowest BCUT2D eigenvalue weighted by molar-refractivity contribution is 0.112. The Labute approximate surface area is 86.1 Å². The van der Waals surface area contributed by atoms with Crippen LogP contribution in [0, 0.1) is 6.92 Å². The molecule has 1 rings (SSSR count). The highest BCUT2D eigenvalue weighted by molar-refractivity contribution is 7.17. The first kappa shape index (κ1) is 10.6. The van der Waals surface area contributed by atoms with E-state index < -0.39 is 0 Å². The number of nitrogens with two attached hydrogens (primary N) is 1. The Kier molecular flexibility index (Phi) is 3.58. The summed E-state index contributed by atoms with van der Waals surface area (Å²) in [6.45, 7) is 4.28. The number of nitrogens with zero attached hydrogens (tertiary/aromatic N) is 2. The van der Waals surface area contributed by atoms with Gasteiger partial charge in [0.1, 0.15) is 0 Å². The van der Waals surface area contributed by atoms with Crippen LogP contribution in [0.25, 0.3) is 0 Å². The molecule has 0 saturated carbocycles. The van der Waals surface area contributed by atoms with Gasteiger partial charge in [-0.1, -0.05) is 11.3 Å². The molecule has 0 aliphatic carbocycles. The fourth-order valence-electron chi connectivity index (χ4n) is 0.890. The van der Waals surface area contributed by atoms with Crippen LogP contribution in [0.3, 0.4) is 0 Å². The number of aryl methyl sites for hydroxylation is 1. The number of hydrogen-bond donors (Lipinski definition) is 2. The largest absolute Gasteiger partial charge is 0.370 e. The van der Waals surface area contributed by atoms with Crippen LogP contribution in [0.4, 0.5) is 5.13 Å². The van der Waals surface area contributed by atoms with E-state index in [1.807, 2.05) is 6.92 Å². The summed E-state index contributed by atoms with van der Waals surface area (Å²) < 4.78 is 0. The maximum Gasteiger partial charge on any atom is 0.194 e. The van der Waals surface area contributed by atoms with E-state index in [1.54, 1.807) is 6.92 Å². The summed E-state index contributed by atoms with van der Waals surface area (Å²) in [5.41, 5.74) is 6.24. The van der Waals surface area contributed by atoms with Crippen molar-refractivity contribution >= 4 is 28.7 Å². The third-order valence-corrected chi connectivity index (χ3v) is 2.50. The van der Waals surface area contributed by atoms with E-state index in [0.717, 1.165) is 6.29 Å². The standard InChI is InChI=1S/C8H12N4OS/c1-3-10-7(9)12-8-11-5(2)6(4-13)14-8/h4H,3H2,1-2H3,(H3,9,10,11,12). The van der Waals surface area contributed by atoms with Crippen LogP contribution in [0.2, 0.25) is 0 Å². The van der Waals surface area contributed by atoms with Gasteiger partial charge in [0.25, 0.3) is 0 Å². The van der Waals surface area contributed by atoms with Gasteiger partial charge >= 0.3 is 0 Å². The molecule has 0 unspecified atom stereocenters. The Morgan fingerprint density at radius 2 is 2.50 bits per heavy atom. The fraction of sp³-hybridized carbons (Fsp3) is 0.375. The highest BCUT2D eigenvalue weighted by atomic mass is 32.1. The summed E-state index contributed by atoms with van der Waals surface area (Å²) in [5.74, 6) is 0.318. The van der Waals surface area contributed by atoms with E-state index in [1.165, 1.54) is 11.3 Å². The first-order chi connectivity index (χ1) is 6.67. The van der Waals surface area contributed by atoms with Gasteiger partial charge in [-0.3, -0.25) is 9.79 Å². The predicted molar refractivity (Wildman–Crippen MR) is 58.0 cm³/mol. The minimum Gasteiger partial charge on any atom is -0.370 e. The van der Waals surface area contributed by atoms with Gasteiger partial charge in [0.05, 0.1) is 10.6 Å². The zero-order valence-electron chi connectivity index (χ0n) is 8.07. The van der Waals surface area contributed by atoms with Crippen LogP contribution in [0.1, 0.15) is 22.3 Å². The first-order valence-electron chi connectivity index (χ1n) is 4.17. The Morgan fingerprint density at radius 1 is 1.79 bits per heavy atom. The van der Waals surface area contributed by atoms with Gasteiger partial charge in [-0.2, -0.15) is 0 Å². The molecule has 0 atom stereocenters. The average Bonchev–Trinajstić information content (AvgIpc) is 2.46. The SMILES string of the molecule is CCN=C(N)Nc1nc(C)c(C=O)s1. The second-order valence-electron chi connectivity index (χ2n) is 2.57. The van der Waals surface area contributed by atoms with Crippen LogP contribution in [-0.4, -0.2) is 23.8 Å². The van der Waals surface area contributed by atoms with E-state index in [-0.39, 0.29) is 0 Å². The normalized spacial score (nSPS) is 11.4. The molecule has 76 valence electrons. The highest BCUT2D eigenvalue weighted by Crippen LogP contribution is 2.20. The second-order valence-corrected chi connectivity index (χ2v) is 3.60. The van der Waals surface area contributed by atoms with Crippen molar-refractivity contribution in [2.75, 3.05) is 11.9 Å². The molecule has 0 radical (unpaired) electrons. The number of guanidine groups is 1.